The van der Waals surface area contributed by atoms with Crippen molar-refractivity contribution in [2.75, 3.05) is 17.1 Å². The molecule has 0 spiro atoms. The van der Waals surface area contributed by atoms with E-state index in [2.05, 4.69) is 10.0 Å². The molecule has 0 heterocycles. The van der Waals surface area contributed by atoms with E-state index in [-0.39, 0.29) is 10.8 Å². The average molecular weight is 362 g/mol. The molecule has 0 saturated heterocycles. The first-order valence-electron chi connectivity index (χ1n) is 7.70. The molecular formula is C18H22N2O4S. The quantitative estimate of drug-likeness (QED) is 0.854. The number of hydrogen-bond acceptors (Lipinski definition) is 4. The van der Waals surface area contributed by atoms with Crippen LogP contribution in [-0.4, -0.2) is 21.4 Å². The molecule has 0 atom stereocenters. The van der Waals surface area contributed by atoms with Crippen LogP contribution in [0.25, 0.3) is 0 Å². The van der Waals surface area contributed by atoms with Crippen molar-refractivity contribution in [1.29, 1.82) is 0 Å². The number of aryl methyl sites for hydroxylation is 3. The zero-order valence-corrected chi connectivity index (χ0v) is 15.7. The molecule has 0 radical (unpaired) electrons. The van der Waals surface area contributed by atoms with Gasteiger partial charge in [-0.15, -0.1) is 0 Å². The number of sulfonamides is 1. The molecule has 0 fully saturated rings. The largest absolute Gasteiger partial charge is 0.495 e. The van der Waals surface area contributed by atoms with Crippen LogP contribution in [-0.2, 0) is 14.8 Å². The minimum absolute atomic E-state index is 0.185. The minimum atomic E-state index is -3.81. The molecule has 0 aliphatic rings. The molecule has 2 rings (SSSR count). The smallest absolute Gasteiger partial charge is 0.262 e. The van der Waals surface area contributed by atoms with Crippen molar-refractivity contribution in [3.63, 3.8) is 0 Å². The van der Waals surface area contributed by atoms with Gasteiger partial charge in [-0.05, 0) is 61.7 Å². The Morgan fingerprint density at radius 3 is 2.16 bits per heavy atom. The molecule has 1 amide bonds. The number of carbonyl (C=O) groups excluding carboxylic acids is 1. The van der Waals surface area contributed by atoms with Crippen LogP contribution in [0.3, 0.4) is 0 Å². The Morgan fingerprint density at radius 1 is 1.04 bits per heavy atom. The lowest BCUT2D eigenvalue weighted by Crippen LogP contribution is -2.17. The summed E-state index contributed by atoms with van der Waals surface area (Å²) in [4.78, 5) is 11.4. The fourth-order valence-electron chi connectivity index (χ4n) is 2.75. The second-order valence-corrected chi connectivity index (χ2v) is 7.55. The van der Waals surface area contributed by atoms with Crippen molar-refractivity contribution in [2.45, 2.75) is 32.6 Å². The zero-order valence-electron chi connectivity index (χ0n) is 14.9. The summed E-state index contributed by atoms with van der Waals surface area (Å²) in [5.74, 6) is 0.233. The van der Waals surface area contributed by atoms with Crippen LogP contribution in [0.15, 0.2) is 35.2 Å². The van der Waals surface area contributed by atoms with Gasteiger partial charge in [0.15, 0.2) is 0 Å². The van der Waals surface area contributed by atoms with Gasteiger partial charge in [0.25, 0.3) is 10.0 Å². The van der Waals surface area contributed by atoms with Crippen molar-refractivity contribution in [3.8, 4) is 5.75 Å². The van der Waals surface area contributed by atoms with Gasteiger partial charge in [-0.3, -0.25) is 9.52 Å². The number of anilines is 2. The highest BCUT2D eigenvalue weighted by molar-refractivity contribution is 7.92. The molecule has 2 aromatic rings. The highest BCUT2D eigenvalue weighted by Gasteiger charge is 2.22. The maximum atomic E-state index is 12.9. The van der Waals surface area contributed by atoms with Gasteiger partial charge in [0, 0.05) is 12.6 Å². The van der Waals surface area contributed by atoms with Crippen LogP contribution in [0.5, 0.6) is 5.75 Å². The molecule has 134 valence electrons. The Balaban J connectivity index is 2.47. The van der Waals surface area contributed by atoms with E-state index in [1.165, 1.54) is 14.0 Å². The van der Waals surface area contributed by atoms with Gasteiger partial charge in [0.05, 0.1) is 17.7 Å². The van der Waals surface area contributed by atoms with E-state index in [1.807, 2.05) is 13.0 Å². The molecule has 0 aromatic heterocycles. The van der Waals surface area contributed by atoms with Crippen molar-refractivity contribution >= 4 is 27.3 Å². The number of methoxy groups -OCH3 is 1. The van der Waals surface area contributed by atoms with E-state index < -0.39 is 10.0 Å². The summed E-state index contributed by atoms with van der Waals surface area (Å²) >= 11 is 0. The summed E-state index contributed by atoms with van der Waals surface area (Å²) in [5, 5.41) is 2.67. The molecule has 0 bridgehead atoms. The number of carbonyl (C=O) groups is 1. The van der Waals surface area contributed by atoms with Gasteiger partial charge in [0.1, 0.15) is 5.75 Å². The molecule has 7 heteroatoms. The van der Waals surface area contributed by atoms with E-state index in [4.69, 9.17) is 4.74 Å². The number of benzene rings is 2. The Morgan fingerprint density at radius 2 is 1.64 bits per heavy atom. The Bertz CT molecular complexity index is 898. The number of amides is 1. The molecule has 0 saturated carbocycles. The third-order valence-electron chi connectivity index (χ3n) is 3.65. The summed E-state index contributed by atoms with van der Waals surface area (Å²) in [5.41, 5.74) is 2.94. The van der Waals surface area contributed by atoms with Crippen LogP contribution in [0.1, 0.15) is 23.6 Å². The fourth-order valence-corrected chi connectivity index (χ4v) is 4.26. The van der Waals surface area contributed by atoms with E-state index in [0.29, 0.717) is 28.3 Å². The first kappa shape index (κ1) is 18.8. The normalized spacial score (nSPS) is 11.1. The number of ether oxygens (including phenoxy) is 1. The number of nitrogens with one attached hydrogen (secondary N) is 2. The van der Waals surface area contributed by atoms with Crippen LogP contribution in [0, 0.1) is 20.8 Å². The van der Waals surface area contributed by atoms with Crippen LogP contribution in [0.4, 0.5) is 11.4 Å². The summed E-state index contributed by atoms with van der Waals surface area (Å²) in [7, 11) is -2.32. The Hall–Kier alpha value is -2.54. The topological polar surface area (TPSA) is 84.5 Å². The lowest BCUT2D eigenvalue weighted by molar-refractivity contribution is -0.114. The predicted octanol–water partition coefficient (Wildman–Crippen LogP) is 3.38. The van der Waals surface area contributed by atoms with Gasteiger partial charge in [0.2, 0.25) is 5.91 Å². The van der Waals surface area contributed by atoms with E-state index in [9.17, 15) is 13.2 Å². The minimum Gasteiger partial charge on any atom is -0.495 e. The highest BCUT2D eigenvalue weighted by atomic mass is 32.2. The van der Waals surface area contributed by atoms with Crippen LogP contribution in [0.2, 0.25) is 0 Å². The van der Waals surface area contributed by atoms with Crippen LogP contribution >= 0.6 is 0 Å². The average Bonchev–Trinajstić information content (AvgIpc) is 2.45. The van der Waals surface area contributed by atoms with Gasteiger partial charge in [-0.2, -0.15) is 0 Å². The molecule has 2 N–H and O–H groups in total. The van der Waals surface area contributed by atoms with E-state index >= 15 is 0 Å². The molecule has 25 heavy (non-hydrogen) atoms. The monoisotopic (exact) mass is 362 g/mol. The van der Waals surface area contributed by atoms with Gasteiger partial charge < -0.3 is 10.1 Å². The first-order chi connectivity index (χ1) is 11.6. The fraction of sp³-hybridized carbons (Fsp3) is 0.278. The van der Waals surface area contributed by atoms with Crippen molar-refractivity contribution in [3.05, 3.63) is 47.0 Å². The maximum absolute atomic E-state index is 12.9. The molecule has 0 aliphatic heterocycles. The summed E-state index contributed by atoms with van der Waals surface area (Å²) in [6, 6.07) is 8.54. The van der Waals surface area contributed by atoms with Crippen molar-refractivity contribution in [2.24, 2.45) is 0 Å². The van der Waals surface area contributed by atoms with Gasteiger partial charge >= 0.3 is 0 Å². The van der Waals surface area contributed by atoms with Gasteiger partial charge in [-0.1, -0.05) is 6.07 Å². The van der Waals surface area contributed by atoms with Crippen LogP contribution < -0.4 is 14.8 Å². The predicted molar refractivity (Wildman–Crippen MR) is 98.8 cm³/mol. The van der Waals surface area contributed by atoms with Gasteiger partial charge in [-0.25, -0.2) is 8.42 Å². The number of rotatable bonds is 5. The Kier molecular flexibility index (Phi) is 5.37. The molecule has 6 nitrogen and oxygen atoms in total. The first-order valence-corrected chi connectivity index (χ1v) is 9.18. The SMILES string of the molecule is COc1ccc(C)cc1NS(=O)(=O)c1c(C)cc(NC(C)=O)cc1C. The van der Waals surface area contributed by atoms with E-state index in [0.717, 1.165) is 5.56 Å². The second kappa shape index (κ2) is 7.14. The van der Waals surface area contributed by atoms with Crippen molar-refractivity contribution in [1.82, 2.24) is 0 Å². The second-order valence-electron chi connectivity index (χ2n) is 5.93. The molecule has 0 unspecified atom stereocenters. The third kappa shape index (κ3) is 4.30. The highest BCUT2D eigenvalue weighted by Crippen LogP contribution is 2.31. The molecule has 0 aliphatic carbocycles. The summed E-state index contributed by atoms with van der Waals surface area (Å²) < 4.78 is 33.6. The standard InChI is InChI=1S/C18H22N2O4S/c1-11-6-7-17(24-5)16(8-11)20-25(22,23)18-12(2)9-15(10-13(18)3)19-14(4)21/h6-10,20H,1-5H3,(H,19,21). The van der Waals surface area contributed by atoms with E-state index in [1.54, 1.807) is 38.1 Å². The summed E-state index contributed by atoms with van der Waals surface area (Å²) in [6.07, 6.45) is 0. The lowest BCUT2D eigenvalue weighted by atomic mass is 10.1. The zero-order chi connectivity index (χ0) is 18.8. The Labute approximate surface area is 148 Å². The number of hydrogen-bond donors (Lipinski definition) is 2. The van der Waals surface area contributed by atoms with Crippen molar-refractivity contribution < 1.29 is 17.9 Å². The summed E-state index contributed by atoms with van der Waals surface area (Å²) in [6.45, 7) is 6.66. The lowest BCUT2D eigenvalue weighted by Gasteiger charge is -2.16. The molecule has 2 aromatic carbocycles. The third-order valence-corrected chi connectivity index (χ3v) is 5.32. The molecular weight excluding hydrogens is 340 g/mol. The maximum Gasteiger partial charge on any atom is 0.262 e.